The first-order valence-electron chi connectivity index (χ1n) is 10.5. The molecule has 6 nitrogen and oxygen atoms in total. The fourth-order valence-corrected chi connectivity index (χ4v) is 4.33. The van der Waals surface area contributed by atoms with Gasteiger partial charge in [0.05, 0.1) is 11.3 Å². The van der Waals surface area contributed by atoms with Crippen molar-refractivity contribution < 1.29 is 22.8 Å². The molecule has 3 amide bonds. The standard InChI is InChI=1S/C21H29F3N4O2/c1-2-27-12-14-28(15-13-27)18(29)20(10-6-3-7-11-20)26-19(30)25-17-9-5-4-8-16(17)21(22,23)24/h4-5,8-9H,2-3,6-7,10-15H2,1H3,(H2,25,26,30). The van der Waals surface area contributed by atoms with Crippen LogP contribution in [0.5, 0.6) is 0 Å². The van der Waals surface area contributed by atoms with E-state index in [0.717, 1.165) is 45.0 Å². The lowest BCUT2D eigenvalue weighted by Gasteiger charge is -2.43. The van der Waals surface area contributed by atoms with E-state index < -0.39 is 23.3 Å². The largest absolute Gasteiger partial charge is 0.418 e. The number of anilines is 1. The van der Waals surface area contributed by atoms with Crippen molar-refractivity contribution in [1.29, 1.82) is 0 Å². The van der Waals surface area contributed by atoms with Crippen LogP contribution in [0.25, 0.3) is 0 Å². The molecule has 1 aromatic carbocycles. The molecule has 1 aliphatic heterocycles. The van der Waals surface area contributed by atoms with Gasteiger partial charge in [-0.3, -0.25) is 4.79 Å². The van der Waals surface area contributed by atoms with Gasteiger partial charge < -0.3 is 20.4 Å². The Morgan fingerprint density at radius 2 is 1.67 bits per heavy atom. The van der Waals surface area contributed by atoms with E-state index in [0.29, 0.717) is 25.9 Å². The molecular formula is C21H29F3N4O2. The van der Waals surface area contributed by atoms with Crippen LogP contribution in [-0.2, 0) is 11.0 Å². The van der Waals surface area contributed by atoms with Crippen molar-refractivity contribution in [3.8, 4) is 0 Å². The summed E-state index contributed by atoms with van der Waals surface area (Å²) in [6.45, 7) is 5.74. The number of nitrogens with one attached hydrogen (secondary N) is 2. The van der Waals surface area contributed by atoms with Crippen LogP contribution in [0.3, 0.4) is 0 Å². The Labute approximate surface area is 174 Å². The molecule has 0 spiro atoms. The molecule has 0 aromatic heterocycles. The van der Waals surface area contributed by atoms with Crippen LogP contribution >= 0.6 is 0 Å². The van der Waals surface area contributed by atoms with Gasteiger partial charge in [0.25, 0.3) is 0 Å². The highest BCUT2D eigenvalue weighted by Gasteiger charge is 2.44. The third-order valence-electron chi connectivity index (χ3n) is 6.06. The van der Waals surface area contributed by atoms with E-state index in [4.69, 9.17) is 0 Å². The maximum Gasteiger partial charge on any atom is 0.418 e. The number of likely N-dealkylation sites (N-methyl/N-ethyl adjacent to an activating group) is 1. The second kappa shape index (κ2) is 9.24. The summed E-state index contributed by atoms with van der Waals surface area (Å²) >= 11 is 0. The summed E-state index contributed by atoms with van der Waals surface area (Å²) in [6, 6.07) is 4.05. The molecule has 2 N–H and O–H groups in total. The van der Waals surface area contributed by atoms with Gasteiger partial charge >= 0.3 is 12.2 Å². The summed E-state index contributed by atoms with van der Waals surface area (Å²) < 4.78 is 39.7. The van der Waals surface area contributed by atoms with Gasteiger partial charge in [-0.05, 0) is 31.5 Å². The number of hydrogen-bond donors (Lipinski definition) is 2. The van der Waals surface area contributed by atoms with Crippen LogP contribution in [-0.4, -0.2) is 60.0 Å². The summed E-state index contributed by atoms with van der Waals surface area (Å²) in [5.41, 5.74) is -2.30. The van der Waals surface area contributed by atoms with Crippen LogP contribution in [0.2, 0.25) is 0 Å². The molecule has 2 aliphatic rings. The number of piperazine rings is 1. The van der Waals surface area contributed by atoms with Gasteiger partial charge in [0.2, 0.25) is 5.91 Å². The first-order valence-corrected chi connectivity index (χ1v) is 10.5. The monoisotopic (exact) mass is 426 g/mol. The Morgan fingerprint density at radius 1 is 1.03 bits per heavy atom. The third-order valence-corrected chi connectivity index (χ3v) is 6.06. The highest BCUT2D eigenvalue weighted by molar-refractivity contribution is 5.96. The van der Waals surface area contributed by atoms with Crippen LogP contribution in [0.1, 0.15) is 44.6 Å². The fourth-order valence-electron chi connectivity index (χ4n) is 4.33. The zero-order valence-electron chi connectivity index (χ0n) is 17.2. The van der Waals surface area contributed by atoms with Crippen molar-refractivity contribution >= 4 is 17.6 Å². The van der Waals surface area contributed by atoms with E-state index in [1.165, 1.54) is 18.2 Å². The Morgan fingerprint density at radius 3 is 2.27 bits per heavy atom. The SMILES string of the molecule is CCN1CCN(C(=O)C2(NC(=O)Nc3ccccc3C(F)(F)F)CCCCC2)CC1. The number of alkyl halides is 3. The van der Waals surface area contributed by atoms with E-state index in [-0.39, 0.29) is 11.6 Å². The molecule has 0 radical (unpaired) electrons. The number of rotatable bonds is 4. The predicted octanol–water partition coefficient (Wildman–Crippen LogP) is 3.69. The maximum atomic E-state index is 13.4. The summed E-state index contributed by atoms with van der Waals surface area (Å²) in [6.07, 6.45) is -1.04. The van der Waals surface area contributed by atoms with Crippen LogP contribution < -0.4 is 10.6 Å². The molecule has 0 atom stereocenters. The Hall–Kier alpha value is -2.29. The zero-order valence-corrected chi connectivity index (χ0v) is 17.2. The highest BCUT2D eigenvalue weighted by atomic mass is 19.4. The quantitative estimate of drug-likeness (QED) is 0.772. The molecule has 1 saturated carbocycles. The smallest absolute Gasteiger partial charge is 0.338 e. The van der Waals surface area contributed by atoms with E-state index in [9.17, 15) is 22.8 Å². The molecule has 0 unspecified atom stereocenters. The lowest BCUT2D eigenvalue weighted by Crippen LogP contribution is -2.63. The van der Waals surface area contributed by atoms with Crippen molar-refractivity contribution in [3.63, 3.8) is 0 Å². The van der Waals surface area contributed by atoms with Crippen LogP contribution in [0, 0.1) is 0 Å². The molecule has 0 bridgehead atoms. The van der Waals surface area contributed by atoms with Gasteiger partial charge in [-0.1, -0.05) is 38.3 Å². The lowest BCUT2D eigenvalue weighted by atomic mass is 9.80. The number of carbonyl (C=O) groups is 2. The minimum absolute atomic E-state index is 0.128. The second-order valence-corrected chi connectivity index (χ2v) is 7.99. The molecule has 166 valence electrons. The van der Waals surface area contributed by atoms with Gasteiger partial charge in [0.15, 0.2) is 0 Å². The average molecular weight is 426 g/mol. The Kier molecular flexibility index (Phi) is 6.90. The Bertz CT molecular complexity index is 755. The molecule has 2 fully saturated rings. The minimum Gasteiger partial charge on any atom is -0.338 e. The van der Waals surface area contributed by atoms with Gasteiger partial charge in [0.1, 0.15) is 5.54 Å². The van der Waals surface area contributed by atoms with Gasteiger partial charge in [-0.2, -0.15) is 13.2 Å². The third kappa shape index (κ3) is 5.06. The van der Waals surface area contributed by atoms with Crippen molar-refractivity contribution in [2.24, 2.45) is 0 Å². The number of nitrogens with zero attached hydrogens (tertiary/aromatic N) is 2. The van der Waals surface area contributed by atoms with Crippen molar-refractivity contribution in [3.05, 3.63) is 29.8 Å². The normalized spacial score (nSPS) is 19.9. The van der Waals surface area contributed by atoms with Crippen molar-refractivity contribution in [1.82, 2.24) is 15.1 Å². The number of para-hydroxylation sites is 1. The Balaban J connectivity index is 1.74. The number of hydrogen-bond acceptors (Lipinski definition) is 3. The first-order chi connectivity index (χ1) is 14.2. The highest BCUT2D eigenvalue weighted by Crippen LogP contribution is 2.35. The average Bonchev–Trinajstić information content (AvgIpc) is 2.73. The van der Waals surface area contributed by atoms with E-state index in [1.807, 2.05) is 0 Å². The number of urea groups is 1. The number of halogens is 3. The van der Waals surface area contributed by atoms with Gasteiger partial charge in [-0.15, -0.1) is 0 Å². The zero-order chi connectivity index (χ0) is 21.8. The molecule has 9 heteroatoms. The van der Waals surface area contributed by atoms with Crippen molar-refractivity contribution in [2.45, 2.75) is 50.7 Å². The van der Waals surface area contributed by atoms with Crippen LogP contribution in [0.4, 0.5) is 23.7 Å². The molecular weight excluding hydrogens is 397 g/mol. The number of amides is 3. The van der Waals surface area contributed by atoms with E-state index in [1.54, 1.807) is 4.90 Å². The van der Waals surface area contributed by atoms with E-state index in [2.05, 4.69) is 22.5 Å². The number of carbonyl (C=O) groups excluding carboxylic acids is 2. The molecule has 1 heterocycles. The van der Waals surface area contributed by atoms with Gasteiger partial charge in [-0.25, -0.2) is 4.79 Å². The van der Waals surface area contributed by atoms with Gasteiger partial charge in [0, 0.05) is 26.2 Å². The van der Waals surface area contributed by atoms with Crippen molar-refractivity contribution in [2.75, 3.05) is 38.0 Å². The first kappa shape index (κ1) is 22.4. The molecule has 30 heavy (non-hydrogen) atoms. The summed E-state index contributed by atoms with van der Waals surface area (Å²) in [5, 5.41) is 5.07. The molecule has 1 aromatic rings. The van der Waals surface area contributed by atoms with E-state index >= 15 is 0 Å². The summed E-state index contributed by atoms with van der Waals surface area (Å²) in [7, 11) is 0. The fraction of sp³-hybridized carbons (Fsp3) is 0.619. The van der Waals surface area contributed by atoms with Crippen LogP contribution in [0.15, 0.2) is 24.3 Å². The molecule has 1 aliphatic carbocycles. The lowest BCUT2D eigenvalue weighted by molar-refractivity contribution is -0.141. The summed E-state index contributed by atoms with van der Waals surface area (Å²) in [4.78, 5) is 30.1. The maximum absolute atomic E-state index is 13.4. The second-order valence-electron chi connectivity index (χ2n) is 7.99. The predicted molar refractivity (Wildman–Crippen MR) is 108 cm³/mol. The number of benzene rings is 1. The molecule has 1 saturated heterocycles. The minimum atomic E-state index is -4.58. The summed E-state index contributed by atoms with van der Waals surface area (Å²) in [5.74, 6) is -0.128. The topological polar surface area (TPSA) is 64.7 Å². The molecule has 3 rings (SSSR count).